The highest BCUT2D eigenvalue weighted by atomic mass is 35.5. The molecule has 0 heterocycles. The van der Waals surface area contributed by atoms with E-state index in [0.29, 0.717) is 5.56 Å². The van der Waals surface area contributed by atoms with Crippen LogP contribution in [-0.4, -0.2) is 0 Å². The number of rotatable bonds is 3. The lowest BCUT2D eigenvalue weighted by Gasteiger charge is -2.12. The van der Waals surface area contributed by atoms with Crippen molar-refractivity contribution in [2.45, 2.75) is 25.6 Å². The average molecular weight is 281 g/mol. The van der Waals surface area contributed by atoms with E-state index in [0.717, 1.165) is 22.8 Å². The summed E-state index contributed by atoms with van der Waals surface area (Å²) in [5.74, 6) is -1.64. The van der Waals surface area contributed by atoms with Crippen LogP contribution in [0, 0.1) is 25.5 Å². The van der Waals surface area contributed by atoms with Crippen molar-refractivity contribution >= 4 is 11.6 Å². The maximum absolute atomic E-state index is 13.6. The molecule has 1 atom stereocenters. The maximum atomic E-state index is 13.6. The van der Waals surface area contributed by atoms with Gasteiger partial charge in [-0.3, -0.25) is 0 Å². The molecular formula is C16H15ClF2. The van der Waals surface area contributed by atoms with Crippen molar-refractivity contribution in [1.29, 1.82) is 0 Å². The van der Waals surface area contributed by atoms with E-state index < -0.39 is 11.6 Å². The predicted octanol–water partition coefficient (Wildman–Crippen LogP) is 5.10. The summed E-state index contributed by atoms with van der Waals surface area (Å²) in [5.41, 5.74) is 3.46. The minimum Gasteiger partial charge on any atom is -0.204 e. The van der Waals surface area contributed by atoms with Crippen LogP contribution in [0.1, 0.15) is 27.6 Å². The van der Waals surface area contributed by atoms with Crippen molar-refractivity contribution < 1.29 is 8.78 Å². The van der Waals surface area contributed by atoms with Gasteiger partial charge < -0.3 is 0 Å². The van der Waals surface area contributed by atoms with Crippen LogP contribution < -0.4 is 0 Å². The second kappa shape index (κ2) is 5.70. The molecule has 0 bridgehead atoms. The fourth-order valence-electron chi connectivity index (χ4n) is 2.21. The number of hydrogen-bond acceptors (Lipinski definition) is 0. The first kappa shape index (κ1) is 14.0. The summed E-state index contributed by atoms with van der Waals surface area (Å²) in [7, 11) is 0. The molecule has 0 fully saturated rings. The van der Waals surface area contributed by atoms with Crippen molar-refractivity contribution in [2.24, 2.45) is 0 Å². The Morgan fingerprint density at radius 2 is 1.68 bits per heavy atom. The van der Waals surface area contributed by atoms with Crippen LogP contribution in [0.2, 0.25) is 0 Å². The lowest BCUT2D eigenvalue weighted by molar-refractivity contribution is 0.498. The van der Waals surface area contributed by atoms with E-state index in [2.05, 4.69) is 6.07 Å². The third kappa shape index (κ3) is 3.32. The lowest BCUT2D eigenvalue weighted by atomic mass is 10.00. The Balaban J connectivity index is 2.25. The Morgan fingerprint density at radius 1 is 1.05 bits per heavy atom. The topological polar surface area (TPSA) is 0 Å². The molecule has 0 aliphatic heterocycles. The molecule has 2 aromatic carbocycles. The van der Waals surface area contributed by atoms with Gasteiger partial charge in [-0.25, -0.2) is 8.78 Å². The smallest absolute Gasteiger partial charge is 0.162 e. The Morgan fingerprint density at radius 3 is 2.32 bits per heavy atom. The first-order valence-corrected chi connectivity index (χ1v) is 6.56. The van der Waals surface area contributed by atoms with E-state index in [4.69, 9.17) is 11.6 Å². The van der Waals surface area contributed by atoms with Gasteiger partial charge in [-0.2, -0.15) is 0 Å². The average Bonchev–Trinajstić information content (AvgIpc) is 2.33. The summed E-state index contributed by atoms with van der Waals surface area (Å²) in [5, 5.41) is -0.366. The van der Waals surface area contributed by atoms with Gasteiger partial charge in [0.2, 0.25) is 0 Å². The molecule has 0 aromatic heterocycles. The molecule has 0 saturated carbocycles. The van der Waals surface area contributed by atoms with Crippen molar-refractivity contribution in [1.82, 2.24) is 0 Å². The highest BCUT2D eigenvalue weighted by molar-refractivity contribution is 6.20. The fourth-order valence-corrected chi connectivity index (χ4v) is 2.50. The zero-order chi connectivity index (χ0) is 14.0. The molecular weight excluding hydrogens is 266 g/mol. The maximum Gasteiger partial charge on any atom is 0.162 e. The number of benzene rings is 2. The molecule has 2 rings (SSSR count). The van der Waals surface area contributed by atoms with Crippen LogP contribution in [0.4, 0.5) is 8.78 Å². The van der Waals surface area contributed by atoms with Crippen LogP contribution in [-0.2, 0) is 6.42 Å². The Hall–Kier alpha value is -1.41. The summed E-state index contributed by atoms with van der Waals surface area (Å²) in [6.07, 6.45) is 0.272. The minimum atomic E-state index is -0.832. The molecule has 0 saturated heterocycles. The van der Waals surface area contributed by atoms with Crippen LogP contribution >= 0.6 is 11.6 Å². The monoisotopic (exact) mass is 280 g/mol. The van der Waals surface area contributed by atoms with Gasteiger partial charge in [0.15, 0.2) is 11.6 Å². The second-order valence-corrected chi connectivity index (χ2v) is 5.33. The van der Waals surface area contributed by atoms with Crippen LogP contribution in [0.25, 0.3) is 0 Å². The van der Waals surface area contributed by atoms with Crippen molar-refractivity contribution in [3.05, 3.63) is 70.3 Å². The van der Waals surface area contributed by atoms with Gasteiger partial charge >= 0.3 is 0 Å². The minimum absolute atomic E-state index is 0.272. The molecule has 2 aromatic rings. The normalized spacial score (nSPS) is 12.5. The summed E-state index contributed by atoms with van der Waals surface area (Å²) in [4.78, 5) is 0. The quantitative estimate of drug-likeness (QED) is 0.686. The van der Waals surface area contributed by atoms with Gasteiger partial charge in [-0.05, 0) is 37.5 Å². The Bertz CT molecular complexity index is 573. The number of halogens is 3. The largest absolute Gasteiger partial charge is 0.204 e. The highest BCUT2D eigenvalue weighted by Gasteiger charge is 2.14. The first-order valence-electron chi connectivity index (χ1n) is 6.12. The summed E-state index contributed by atoms with van der Waals surface area (Å²) in [6.45, 7) is 3.98. The van der Waals surface area contributed by atoms with Crippen LogP contribution in [0.3, 0.4) is 0 Å². The van der Waals surface area contributed by atoms with Gasteiger partial charge in [-0.15, -0.1) is 11.6 Å². The molecule has 0 amide bonds. The second-order valence-electron chi connectivity index (χ2n) is 4.81. The Kier molecular flexibility index (Phi) is 4.20. The third-order valence-electron chi connectivity index (χ3n) is 3.04. The van der Waals surface area contributed by atoms with Crippen molar-refractivity contribution in [3.8, 4) is 0 Å². The van der Waals surface area contributed by atoms with E-state index >= 15 is 0 Å². The standard InChI is InChI=1S/C16H15ClF2/c1-10-6-11(2)8-13(7-10)14(17)9-12-4-3-5-15(18)16(12)19/h3-8,14H,9H2,1-2H3. The molecule has 0 nitrogen and oxygen atoms in total. The zero-order valence-electron chi connectivity index (χ0n) is 10.9. The van der Waals surface area contributed by atoms with Gasteiger partial charge in [0.25, 0.3) is 0 Å². The number of aryl methyl sites for hydroxylation is 2. The lowest BCUT2D eigenvalue weighted by Crippen LogP contribution is -2.01. The molecule has 0 spiro atoms. The van der Waals surface area contributed by atoms with Crippen LogP contribution in [0.15, 0.2) is 36.4 Å². The first-order chi connectivity index (χ1) is 8.97. The molecule has 1 unspecified atom stereocenters. The van der Waals surface area contributed by atoms with E-state index in [1.807, 2.05) is 26.0 Å². The van der Waals surface area contributed by atoms with E-state index in [1.165, 1.54) is 6.07 Å². The van der Waals surface area contributed by atoms with Gasteiger partial charge in [0, 0.05) is 0 Å². The molecule has 19 heavy (non-hydrogen) atoms. The van der Waals surface area contributed by atoms with Gasteiger partial charge in [0.1, 0.15) is 0 Å². The summed E-state index contributed by atoms with van der Waals surface area (Å²) in [6, 6.07) is 10.2. The molecule has 100 valence electrons. The van der Waals surface area contributed by atoms with E-state index in [1.54, 1.807) is 6.07 Å². The van der Waals surface area contributed by atoms with Crippen molar-refractivity contribution in [3.63, 3.8) is 0 Å². The molecule has 0 aliphatic rings. The third-order valence-corrected chi connectivity index (χ3v) is 3.44. The van der Waals surface area contributed by atoms with Gasteiger partial charge in [0.05, 0.1) is 5.38 Å². The molecule has 0 N–H and O–H groups in total. The predicted molar refractivity (Wildman–Crippen MR) is 74.6 cm³/mol. The van der Waals surface area contributed by atoms with E-state index in [-0.39, 0.29) is 11.8 Å². The summed E-state index contributed by atoms with van der Waals surface area (Å²) >= 11 is 6.32. The number of hydrogen-bond donors (Lipinski definition) is 0. The summed E-state index contributed by atoms with van der Waals surface area (Å²) < 4.78 is 26.7. The zero-order valence-corrected chi connectivity index (χ0v) is 11.6. The van der Waals surface area contributed by atoms with Crippen LogP contribution in [0.5, 0.6) is 0 Å². The molecule has 0 aliphatic carbocycles. The van der Waals surface area contributed by atoms with Gasteiger partial charge in [-0.1, -0.05) is 41.5 Å². The molecule has 0 radical (unpaired) electrons. The highest BCUT2D eigenvalue weighted by Crippen LogP contribution is 2.28. The molecule has 3 heteroatoms. The van der Waals surface area contributed by atoms with Crippen molar-refractivity contribution in [2.75, 3.05) is 0 Å². The SMILES string of the molecule is Cc1cc(C)cc(C(Cl)Cc2cccc(F)c2F)c1. The fraction of sp³-hybridized carbons (Fsp3) is 0.250. The van der Waals surface area contributed by atoms with E-state index in [9.17, 15) is 8.78 Å². The number of alkyl halides is 1. The Labute approximate surface area is 117 Å².